The first-order valence-corrected chi connectivity index (χ1v) is 16.9. The number of carbonyl (C=O) groups is 1. The van der Waals surface area contributed by atoms with E-state index in [0.717, 1.165) is 67.0 Å². The molecular weight excluding hydrogens is 555 g/mol. The Bertz CT molecular complexity index is 1620. The SMILES string of the molecule is CCCCC(CC)(Pc1ccccc1C=O)c1cc(Cc2ccccc2)cc(Cc2ccccc2)c1OCc1ccccc1. The van der Waals surface area contributed by atoms with Crippen molar-refractivity contribution in [1.29, 1.82) is 0 Å². The number of aldehydes is 1. The van der Waals surface area contributed by atoms with Crippen LogP contribution in [0.15, 0.2) is 127 Å². The fourth-order valence-corrected chi connectivity index (χ4v) is 7.84. The zero-order valence-electron chi connectivity index (χ0n) is 26.0. The van der Waals surface area contributed by atoms with Crippen molar-refractivity contribution < 1.29 is 9.53 Å². The Kier molecular flexibility index (Phi) is 11.2. The number of carbonyl (C=O) groups excluding carboxylic acids is 1. The molecule has 0 amide bonds. The van der Waals surface area contributed by atoms with Crippen LogP contribution < -0.4 is 10.0 Å². The van der Waals surface area contributed by atoms with Gasteiger partial charge in [-0.2, -0.15) is 0 Å². The van der Waals surface area contributed by atoms with E-state index in [2.05, 4.69) is 123 Å². The lowest BCUT2D eigenvalue weighted by Crippen LogP contribution is -2.26. The Morgan fingerprint density at radius 3 is 1.89 bits per heavy atom. The van der Waals surface area contributed by atoms with Crippen LogP contribution in [-0.4, -0.2) is 6.29 Å². The molecule has 0 N–H and O–H groups in total. The monoisotopic (exact) mass is 598 g/mol. The van der Waals surface area contributed by atoms with Crippen molar-refractivity contribution in [3.63, 3.8) is 0 Å². The zero-order chi connectivity index (χ0) is 30.6. The van der Waals surface area contributed by atoms with Crippen LogP contribution in [0.3, 0.4) is 0 Å². The summed E-state index contributed by atoms with van der Waals surface area (Å²) < 4.78 is 6.95. The summed E-state index contributed by atoms with van der Waals surface area (Å²) in [7, 11) is 0.443. The Morgan fingerprint density at radius 1 is 0.682 bits per heavy atom. The molecule has 3 heteroatoms. The van der Waals surface area contributed by atoms with Gasteiger partial charge in [-0.3, -0.25) is 4.79 Å². The molecule has 5 aromatic carbocycles. The first-order chi connectivity index (χ1) is 21.6. The molecule has 0 saturated carbocycles. The van der Waals surface area contributed by atoms with Crippen molar-refractivity contribution in [3.05, 3.63) is 166 Å². The smallest absolute Gasteiger partial charge is 0.150 e. The van der Waals surface area contributed by atoms with Crippen LogP contribution in [0.25, 0.3) is 0 Å². The maximum Gasteiger partial charge on any atom is 0.150 e. The van der Waals surface area contributed by atoms with E-state index in [1.165, 1.54) is 27.8 Å². The molecule has 0 heterocycles. The number of rotatable bonds is 15. The minimum atomic E-state index is -0.167. The quantitative estimate of drug-likeness (QED) is 0.0885. The molecule has 0 spiro atoms. The van der Waals surface area contributed by atoms with Crippen LogP contribution in [0.5, 0.6) is 5.75 Å². The van der Waals surface area contributed by atoms with Crippen LogP contribution in [-0.2, 0) is 24.6 Å². The van der Waals surface area contributed by atoms with Crippen molar-refractivity contribution in [2.75, 3.05) is 0 Å². The molecule has 2 unspecified atom stereocenters. The molecule has 0 saturated heterocycles. The molecule has 0 radical (unpaired) electrons. The van der Waals surface area contributed by atoms with Crippen molar-refractivity contribution in [2.45, 2.75) is 64.1 Å². The lowest BCUT2D eigenvalue weighted by atomic mass is 9.85. The number of benzene rings is 5. The molecule has 5 aromatic rings. The van der Waals surface area contributed by atoms with Crippen LogP contribution in [0.2, 0.25) is 0 Å². The average Bonchev–Trinajstić information content (AvgIpc) is 3.07. The Labute approximate surface area is 265 Å². The van der Waals surface area contributed by atoms with Crippen molar-refractivity contribution in [1.82, 2.24) is 0 Å². The zero-order valence-corrected chi connectivity index (χ0v) is 27.0. The molecule has 0 fully saturated rings. The Hall–Kier alpha value is -4.00. The summed E-state index contributed by atoms with van der Waals surface area (Å²) in [5.41, 5.74) is 8.31. The summed E-state index contributed by atoms with van der Waals surface area (Å²) in [5.74, 6) is 1.00. The van der Waals surface area contributed by atoms with Gasteiger partial charge in [0.1, 0.15) is 12.4 Å². The van der Waals surface area contributed by atoms with E-state index in [1.54, 1.807) is 0 Å². The van der Waals surface area contributed by atoms with E-state index < -0.39 is 0 Å². The summed E-state index contributed by atoms with van der Waals surface area (Å²) in [6.07, 6.45) is 6.88. The summed E-state index contributed by atoms with van der Waals surface area (Å²) in [6, 6.07) is 44.8. The molecule has 2 atom stereocenters. The van der Waals surface area contributed by atoms with E-state index in [-0.39, 0.29) is 5.16 Å². The van der Waals surface area contributed by atoms with Crippen LogP contribution >= 0.6 is 8.58 Å². The average molecular weight is 599 g/mol. The maximum absolute atomic E-state index is 12.2. The largest absolute Gasteiger partial charge is 0.488 e. The summed E-state index contributed by atoms with van der Waals surface area (Å²) in [5, 5.41) is 0.965. The molecular formula is C41H43O2P. The second kappa shape index (κ2) is 15.6. The first kappa shape index (κ1) is 31.4. The molecule has 224 valence electrons. The van der Waals surface area contributed by atoms with Gasteiger partial charge in [-0.15, -0.1) is 0 Å². The van der Waals surface area contributed by atoms with Gasteiger partial charge in [-0.25, -0.2) is 0 Å². The fourth-order valence-electron chi connectivity index (χ4n) is 6.06. The third kappa shape index (κ3) is 7.93. The van der Waals surface area contributed by atoms with Gasteiger partial charge in [0.25, 0.3) is 0 Å². The molecule has 44 heavy (non-hydrogen) atoms. The van der Waals surface area contributed by atoms with Gasteiger partial charge in [0, 0.05) is 22.7 Å². The Morgan fingerprint density at radius 2 is 1.27 bits per heavy atom. The highest BCUT2D eigenvalue weighted by atomic mass is 31.1. The first-order valence-electron chi connectivity index (χ1n) is 15.9. The second-order valence-electron chi connectivity index (χ2n) is 11.6. The molecule has 0 aliphatic carbocycles. The van der Waals surface area contributed by atoms with Gasteiger partial charge in [0.05, 0.1) is 0 Å². The predicted octanol–water partition coefficient (Wildman–Crippen LogP) is 10.1. The molecule has 0 bridgehead atoms. The van der Waals surface area contributed by atoms with Gasteiger partial charge in [-0.1, -0.05) is 163 Å². The highest BCUT2D eigenvalue weighted by molar-refractivity contribution is 7.48. The fraction of sp³-hybridized carbons (Fsp3) is 0.244. The van der Waals surface area contributed by atoms with Crippen LogP contribution in [0, 0.1) is 0 Å². The van der Waals surface area contributed by atoms with Crippen LogP contribution in [0.4, 0.5) is 0 Å². The maximum atomic E-state index is 12.2. The van der Waals surface area contributed by atoms with Gasteiger partial charge in [0.15, 0.2) is 6.29 Å². The van der Waals surface area contributed by atoms with Crippen molar-refractivity contribution in [3.8, 4) is 5.75 Å². The summed E-state index contributed by atoms with van der Waals surface area (Å²) >= 11 is 0. The second-order valence-corrected chi connectivity index (χ2v) is 13.3. The highest BCUT2D eigenvalue weighted by Crippen LogP contribution is 2.53. The topological polar surface area (TPSA) is 26.3 Å². The highest BCUT2D eigenvalue weighted by Gasteiger charge is 2.35. The number of unbranched alkanes of at least 4 members (excludes halogenated alkanes) is 1. The Balaban J connectivity index is 1.71. The van der Waals surface area contributed by atoms with Gasteiger partial charge in [0.2, 0.25) is 0 Å². The number of ether oxygens (including phenoxy) is 1. The van der Waals surface area contributed by atoms with E-state index in [9.17, 15) is 4.79 Å². The van der Waals surface area contributed by atoms with E-state index in [1.807, 2.05) is 18.2 Å². The minimum Gasteiger partial charge on any atom is -0.488 e. The third-order valence-corrected chi connectivity index (χ3v) is 10.6. The molecule has 2 nitrogen and oxygen atoms in total. The lowest BCUT2D eigenvalue weighted by Gasteiger charge is -2.37. The normalized spacial score (nSPS) is 12.7. The number of hydrogen-bond acceptors (Lipinski definition) is 2. The molecule has 0 aromatic heterocycles. The van der Waals surface area contributed by atoms with E-state index >= 15 is 0 Å². The molecule has 0 aliphatic heterocycles. The minimum absolute atomic E-state index is 0.167. The summed E-state index contributed by atoms with van der Waals surface area (Å²) in [6.45, 7) is 5.09. The van der Waals surface area contributed by atoms with Gasteiger partial charge in [-0.05, 0) is 52.4 Å². The van der Waals surface area contributed by atoms with Gasteiger partial charge < -0.3 is 4.74 Å². The summed E-state index contributed by atoms with van der Waals surface area (Å²) in [4.78, 5) is 12.2. The lowest BCUT2D eigenvalue weighted by molar-refractivity contribution is 0.112. The van der Waals surface area contributed by atoms with Crippen molar-refractivity contribution >= 4 is 20.2 Å². The van der Waals surface area contributed by atoms with Crippen LogP contribution in [0.1, 0.15) is 83.3 Å². The predicted molar refractivity (Wildman–Crippen MR) is 187 cm³/mol. The molecule has 0 aliphatic rings. The third-order valence-electron chi connectivity index (χ3n) is 8.48. The standard InChI is InChI=1S/C41H43O2P/c1-3-5-25-41(4-2,44-39-24-16-15-23-36(39)30-42)38-29-35(26-32-17-9-6-10-18-32)28-37(27-33-19-11-7-12-20-33)40(38)43-31-34-21-13-8-14-22-34/h6-24,28-30,44H,3-5,25-27,31H2,1-2H3. The number of hydrogen-bond donors (Lipinski definition) is 0. The van der Waals surface area contributed by atoms with Gasteiger partial charge >= 0.3 is 0 Å². The molecule has 5 rings (SSSR count). The van der Waals surface area contributed by atoms with E-state index in [4.69, 9.17) is 4.74 Å². The van der Waals surface area contributed by atoms with E-state index in [0.29, 0.717) is 15.2 Å². The van der Waals surface area contributed by atoms with Crippen molar-refractivity contribution in [2.24, 2.45) is 0 Å².